The van der Waals surface area contributed by atoms with Crippen LogP contribution in [0.1, 0.15) is 5.56 Å². The van der Waals surface area contributed by atoms with Gasteiger partial charge in [0.25, 0.3) is 5.56 Å². The van der Waals surface area contributed by atoms with Crippen molar-refractivity contribution >= 4 is 50.6 Å². The largest absolute Gasteiger partial charge is 0.492 e. The Morgan fingerprint density at radius 1 is 1.26 bits per heavy atom. The number of carbonyl (C=O) groups is 1. The van der Waals surface area contributed by atoms with Crippen LogP contribution in [-0.4, -0.2) is 34.4 Å². The van der Waals surface area contributed by atoms with Crippen molar-refractivity contribution in [3.05, 3.63) is 63.1 Å². The van der Waals surface area contributed by atoms with Crippen molar-refractivity contribution in [3.8, 4) is 16.2 Å². The monoisotopic (exact) mass is 471 g/mol. The Morgan fingerprint density at radius 2 is 2.13 bits per heavy atom. The van der Waals surface area contributed by atoms with Gasteiger partial charge in [0.1, 0.15) is 17.2 Å². The lowest BCUT2D eigenvalue weighted by Gasteiger charge is -2.09. The van der Waals surface area contributed by atoms with Gasteiger partial charge < -0.3 is 10.1 Å². The molecule has 0 fully saturated rings. The molecule has 9 heteroatoms. The number of hydrogen-bond donors (Lipinski definition) is 1. The highest BCUT2D eigenvalue weighted by atomic mass is 32.2. The van der Waals surface area contributed by atoms with Gasteiger partial charge in [-0.3, -0.25) is 14.2 Å². The zero-order chi connectivity index (χ0) is 21.8. The summed E-state index contributed by atoms with van der Waals surface area (Å²) in [4.78, 5) is 31.5. The fourth-order valence-electron chi connectivity index (χ4n) is 3.04. The SMILES string of the molecule is Cc1cccc(OCCNC(=O)CSc2nc3scc(-c4cccs4)c3c(=O)n2C)c1. The van der Waals surface area contributed by atoms with Gasteiger partial charge in [-0.05, 0) is 36.1 Å². The average molecular weight is 472 g/mol. The predicted molar refractivity (Wildman–Crippen MR) is 129 cm³/mol. The van der Waals surface area contributed by atoms with Gasteiger partial charge in [0.15, 0.2) is 5.16 Å². The lowest BCUT2D eigenvalue weighted by atomic mass is 10.2. The molecule has 0 unspecified atom stereocenters. The van der Waals surface area contributed by atoms with Gasteiger partial charge in [0.05, 0.1) is 17.7 Å². The summed E-state index contributed by atoms with van der Waals surface area (Å²) in [5.74, 6) is 0.839. The summed E-state index contributed by atoms with van der Waals surface area (Å²) >= 11 is 4.31. The molecule has 4 aromatic rings. The number of thioether (sulfide) groups is 1. The van der Waals surface area contributed by atoms with Crippen LogP contribution in [0, 0.1) is 6.92 Å². The Labute approximate surface area is 191 Å². The molecule has 1 aromatic carbocycles. The lowest BCUT2D eigenvalue weighted by Crippen LogP contribution is -2.30. The van der Waals surface area contributed by atoms with Crippen LogP contribution in [0.4, 0.5) is 0 Å². The van der Waals surface area contributed by atoms with Crippen LogP contribution in [-0.2, 0) is 11.8 Å². The molecular formula is C22H21N3O3S3. The Hall–Kier alpha value is -2.62. The van der Waals surface area contributed by atoms with Crippen molar-refractivity contribution in [3.63, 3.8) is 0 Å². The normalized spacial score (nSPS) is 11.0. The van der Waals surface area contributed by atoms with Crippen LogP contribution in [0.25, 0.3) is 20.7 Å². The second-order valence-electron chi connectivity index (χ2n) is 6.87. The molecule has 0 aliphatic rings. The van der Waals surface area contributed by atoms with Crippen LogP contribution in [0.2, 0.25) is 0 Å². The van der Waals surface area contributed by atoms with Gasteiger partial charge >= 0.3 is 0 Å². The summed E-state index contributed by atoms with van der Waals surface area (Å²) in [6, 6.07) is 11.8. The maximum Gasteiger partial charge on any atom is 0.263 e. The first-order valence-electron chi connectivity index (χ1n) is 9.64. The Kier molecular flexibility index (Phi) is 6.74. The number of nitrogens with one attached hydrogen (secondary N) is 1. The minimum absolute atomic E-state index is 0.0934. The summed E-state index contributed by atoms with van der Waals surface area (Å²) in [5.41, 5.74) is 1.95. The molecule has 1 amide bonds. The molecule has 1 N–H and O–H groups in total. The summed E-state index contributed by atoms with van der Waals surface area (Å²) in [6.07, 6.45) is 0. The molecule has 0 aliphatic heterocycles. The summed E-state index contributed by atoms with van der Waals surface area (Å²) < 4.78 is 7.16. The minimum atomic E-state index is -0.127. The highest BCUT2D eigenvalue weighted by molar-refractivity contribution is 7.99. The third-order valence-electron chi connectivity index (χ3n) is 4.58. The standard InChI is InChI=1S/C22H21N3O3S3/c1-14-5-3-6-15(11-14)28-9-8-23-18(26)13-31-22-24-20-19(21(27)25(22)2)16(12-30-20)17-7-4-10-29-17/h3-7,10-12H,8-9,13H2,1-2H3,(H,23,26). The molecule has 0 atom stereocenters. The van der Waals surface area contributed by atoms with E-state index in [9.17, 15) is 9.59 Å². The molecule has 0 saturated heterocycles. The highest BCUT2D eigenvalue weighted by Gasteiger charge is 2.16. The van der Waals surface area contributed by atoms with Crippen LogP contribution >= 0.6 is 34.4 Å². The number of thiophene rings is 2. The van der Waals surface area contributed by atoms with E-state index in [0.717, 1.165) is 21.8 Å². The maximum atomic E-state index is 12.9. The van der Waals surface area contributed by atoms with Gasteiger partial charge in [0.2, 0.25) is 5.91 Å². The van der Waals surface area contributed by atoms with E-state index in [1.807, 2.05) is 54.1 Å². The summed E-state index contributed by atoms with van der Waals surface area (Å²) in [5, 5.41) is 7.97. The number of benzene rings is 1. The molecule has 0 bridgehead atoms. The quantitative estimate of drug-likeness (QED) is 0.235. The molecule has 0 radical (unpaired) electrons. The number of nitrogens with zero attached hydrogens (tertiary/aromatic N) is 2. The fraction of sp³-hybridized carbons (Fsp3) is 0.227. The highest BCUT2D eigenvalue weighted by Crippen LogP contribution is 2.34. The van der Waals surface area contributed by atoms with Crippen LogP contribution in [0.5, 0.6) is 5.75 Å². The minimum Gasteiger partial charge on any atom is -0.492 e. The maximum absolute atomic E-state index is 12.9. The number of aryl methyl sites for hydroxylation is 1. The first kappa shape index (κ1) is 21.6. The van der Waals surface area contributed by atoms with Crippen molar-refractivity contribution in [2.45, 2.75) is 12.1 Å². The van der Waals surface area contributed by atoms with E-state index in [1.165, 1.54) is 27.7 Å². The van der Waals surface area contributed by atoms with E-state index in [-0.39, 0.29) is 17.2 Å². The van der Waals surface area contributed by atoms with Crippen molar-refractivity contribution in [1.82, 2.24) is 14.9 Å². The zero-order valence-corrected chi connectivity index (χ0v) is 19.5. The number of carbonyl (C=O) groups excluding carboxylic acids is 1. The van der Waals surface area contributed by atoms with Gasteiger partial charge in [-0.2, -0.15) is 0 Å². The molecule has 4 rings (SSSR count). The number of aromatic nitrogens is 2. The first-order valence-corrected chi connectivity index (χ1v) is 12.4. The number of amides is 1. The molecule has 0 spiro atoms. The molecule has 6 nitrogen and oxygen atoms in total. The van der Waals surface area contributed by atoms with Gasteiger partial charge in [-0.1, -0.05) is 30.0 Å². The number of rotatable bonds is 8. The van der Waals surface area contributed by atoms with Gasteiger partial charge in [0, 0.05) is 22.9 Å². The fourth-order valence-corrected chi connectivity index (χ4v) is 5.65. The van der Waals surface area contributed by atoms with Crippen molar-refractivity contribution < 1.29 is 9.53 Å². The van der Waals surface area contributed by atoms with Crippen LogP contribution in [0.15, 0.2) is 57.1 Å². The Morgan fingerprint density at radius 3 is 2.90 bits per heavy atom. The summed E-state index contributed by atoms with van der Waals surface area (Å²) in [7, 11) is 1.70. The average Bonchev–Trinajstić information content (AvgIpc) is 3.42. The van der Waals surface area contributed by atoms with Crippen molar-refractivity contribution in [1.29, 1.82) is 0 Å². The van der Waals surface area contributed by atoms with E-state index < -0.39 is 0 Å². The Bertz CT molecular complexity index is 1260. The van der Waals surface area contributed by atoms with E-state index in [2.05, 4.69) is 10.3 Å². The molecule has 31 heavy (non-hydrogen) atoms. The first-order chi connectivity index (χ1) is 15.0. The molecule has 0 aliphatic carbocycles. The topological polar surface area (TPSA) is 73.2 Å². The zero-order valence-electron chi connectivity index (χ0n) is 17.1. The van der Waals surface area contributed by atoms with Crippen LogP contribution < -0.4 is 15.6 Å². The Balaban J connectivity index is 1.35. The second kappa shape index (κ2) is 9.67. The molecule has 160 valence electrons. The molecular weight excluding hydrogens is 450 g/mol. The smallest absolute Gasteiger partial charge is 0.263 e. The molecule has 0 saturated carbocycles. The van der Waals surface area contributed by atoms with Gasteiger partial charge in [-0.15, -0.1) is 22.7 Å². The predicted octanol–water partition coefficient (Wildman–Crippen LogP) is 4.32. The second-order valence-corrected chi connectivity index (χ2v) is 9.62. The lowest BCUT2D eigenvalue weighted by molar-refractivity contribution is -0.118. The van der Waals surface area contributed by atoms with E-state index >= 15 is 0 Å². The van der Waals surface area contributed by atoms with Crippen LogP contribution in [0.3, 0.4) is 0 Å². The van der Waals surface area contributed by atoms with E-state index in [1.54, 1.807) is 18.4 Å². The third kappa shape index (κ3) is 5.00. The third-order valence-corrected chi connectivity index (χ3v) is 7.38. The number of fused-ring (bicyclic) bond motifs is 1. The number of ether oxygens (including phenoxy) is 1. The van der Waals surface area contributed by atoms with Gasteiger partial charge in [-0.25, -0.2) is 4.98 Å². The summed E-state index contributed by atoms with van der Waals surface area (Å²) in [6.45, 7) is 2.81. The van der Waals surface area contributed by atoms with E-state index in [0.29, 0.717) is 28.5 Å². The van der Waals surface area contributed by atoms with Crippen molar-refractivity contribution in [2.24, 2.45) is 7.05 Å². The van der Waals surface area contributed by atoms with Crippen molar-refractivity contribution in [2.75, 3.05) is 18.9 Å². The van der Waals surface area contributed by atoms with E-state index in [4.69, 9.17) is 4.74 Å². The molecule has 3 aromatic heterocycles. The molecule has 3 heterocycles. The number of hydrogen-bond acceptors (Lipinski definition) is 7.